The van der Waals surface area contributed by atoms with E-state index in [0.29, 0.717) is 0 Å². The minimum atomic E-state index is -1.89. The van der Waals surface area contributed by atoms with Gasteiger partial charge in [-0.15, -0.1) is 0 Å². The lowest BCUT2D eigenvalue weighted by Crippen LogP contribution is -2.62. The largest absolute Gasteiger partial charge is 0.410 e. The lowest BCUT2D eigenvalue weighted by molar-refractivity contribution is -0.123. The van der Waals surface area contributed by atoms with Gasteiger partial charge in [-0.3, -0.25) is 4.79 Å². The van der Waals surface area contributed by atoms with Gasteiger partial charge in [-0.25, -0.2) is 0 Å². The van der Waals surface area contributed by atoms with Crippen LogP contribution in [0.1, 0.15) is 74.1 Å². The summed E-state index contributed by atoms with van der Waals surface area (Å²) in [7, 11) is -1.89. The zero-order valence-electron chi connectivity index (χ0n) is 16.7. The smallest absolute Gasteiger partial charge is 0.192 e. The Morgan fingerprint density at radius 2 is 1.74 bits per heavy atom. The highest BCUT2D eigenvalue weighted by molar-refractivity contribution is 6.74. The number of carbonyl (C=O) groups is 1. The molecule has 1 fully saturated rings. The maximum atomic E-state index is 12.1. The molecule has 0 unspecified atom stereocenters. The summed E-state index contributed by atoms with van der Waals surface area (Å²) in [5.74, 6) is 0.229. The Morgan fingerprint density at radius 3 is 2.22 bits per heavy atom. The van der Waals surface area contributed by atoms with Crippen molar-refractivity contribution >= 4 is 14.1 Å². The molecule has 0 N–H and O–H groups in total. The van der Waals surface area contributed by atoms with Crippen LogP contribution in [0.5, 0.6) is 0 Å². The summed E-state index contributed by atoms with van der Waals surface area (Å²) in [5, 5.41) is 0.200. The average Bonchev–Trinajstić information content (AvgIpc) is 2.65. The zero-order valence-corrected chi connectivity index (χ0v) is 17.7. The second kappa shape index (κ2) is 5.29. The topological polar surface area (TPSA) is 26.3 Å². The molecule has 132 valence electrons. The number of allylic oxidation sites excluding steroid dienone is 1. The fraction of sp³-hybridized carbons (Fsp3) is 0.850. The van der Waals surface area contributed by atoms with E-state index in [1.54, 1.807) is 6.92 Å². The van der Waals surface area contributed by atoms with Crippen LogP contribution >= 0.6 is 0 Å². The van der Waals surface area contributed by atoms with E-state index in [-0.39, 0.29) is 27.3 Å². The molecule has 0 amide bonds. The monoisotopic (exact) mass is 336 g/mol. The van der Waals surface area contributed by atoms with E-state index >= 15 is 0 Å². The van der Waals surface area contributed by atoms with E-state index in [2.05, 4.69) is 60.7 Å². The highest BCUT2D eigenvalue weighted by atomic mass is 28.4. The van der Waals surface area contributed by atoms with E-state index in [1.807, 2.05) is 0 Å². The van der Waals surface area contributed by atoms with Crippen LogP contribution < -0.4 is 0 Å². The van der Waals surface area contributed by atoms with Gasteiger partial charge < -0.3 is 4.43 Å². The van der Waals surface area contributed by atoms with E-state index < -0.39 is 8.32 Å². The van der Waals surface area contributed by atoms with Gasteiger partial charge in [-0.05, 0) is 56.3 Å². The summed E-state index contributed by atoms with van der Waals surface area (Å²) in [5.41, 5.74) is 0.838. The lowest BCUT2D eigenvalue weighted by Gasteiger charge is -2.59. The van der Waals surface area contributed by atoms with Gasteiger partial charge >= 0.3 is 0 Å². The maximum Gasteiger partial charge on any atom is 0.192 e. The van der Waals surface area contributed by atoms with Crippen molar-refractivity contribution in [3.8, 4) is 0 Å². The van der Waals surface area contributed by atoms with Gasteiger partial charge in [0, 0.05) is 10.8 Å². The van der Waals surface area contributed by atoms with Crippen molar-refractivity contribution < 1.29 is 9.22 Å². The molecule has 0 bridgehead atoms. The summed E-state index contributed by atoms with van der Waals surface area (Å²) < 4.78 is 7.18. The molecule has 3 heteroatoms. The zero-order chi connectivity index (χ0) is 17.9. The molecule has 0 aromatic carbocycles. The van der Waals surface area contributed by atoms with Crippen LogP contribution in [-0.4, -0.2) is 19.7 Å². The van der Waals surface area contributed by atoms with Crippen molar-refractivity contribution in [3.63, 3.8) is 0 Å². The molecule has 0 aliphatic heterocycles. The number of carbonyl (C=O) groups excluding carboxylic acids is 1. The molecule has 0 heterocycles. The number of fused-ring (bicyclic) bond motifs is 1. The minimum absolute atomic E-state index is 0.0712. The standard InChI is InChI=1S/C20H36O2Si/c1-15(21)16-13-18(5,6)20(12-10-11-19(20,7)14-16)22-23(8,9)17(2,3)4/h13H,10-12,14H2,1-9H3/t19-,20-/m0/s1. The average molecular weight is 337 g/mol. The predicted octanol–water partition coefficient (Wildman–Crippen LogP) is 5.88. The number of ketones is 1. The molecule has 0 aromatic rings. The third-order valence-corrected chi connectivity index (χ3v) is 11.5. The molecule has 0 aromatic heterocycles. The summed E-state index contributed by atoms with van der Waals surface area (Å²) in [4.78, 5) is 12.1. The van der Waals surface area contributed by atoms with Crippen LogP contribution in [0.15, 0.2) is 11.6 Å². The summed E-state index contributed by atoms with van der Waals surface area (Å²) in [6.45, 7) is 20.3. The molecule has 23 heavy (non-hydrogen) atoms. The van der Waals surface area contributed by atoms with Crippen LogP contribution in [0.25, 0.3) is 0 Å². The van der Waals surface area contributed by atoms with Crippen molar-refractivity contribution in [1.29, 1.82) is 0 Å². The SMILES string of the molecule is CC(=O)C1=CC(C)(C)[C@@]2(O[Si](C)(C)C(C)(C)C)CCC[C@@]2(C)C1. The normalized spacial score (nSPS) is 34.0. The Kier molecular flexibility index (Phi) is 4.35. The van der Waals surface area contributed by atoms with Gasteiger partial charge in [0.15, 0.2) is 14.1 Å². The van der Waals surface area contributed by atoms with E-state index in [4.69, 9.17) is 4.43 Å². The Labute approximate surface area is 144 Å². The van der Waals surface area contributed by atoms with Gasteiger partial charge in [-0.1, -0.05) is 47.6 Å². The van der Waals surface area contributed by atoms with Gasteiger partial charge in [0.2, 0.25) is 0 Å². The molecule has 0 spiro atoms. The quantitative estimate of drug-likeness (QED) is 0.601. The summed E-state index contributed by atoms with van der Waals surface area (Å²) in [6.07, 6.45) is 6.59. The first-order valence-electron chi connectivity index (χ1n) is 9.10. The second-order valence-electron chi connectivity index (χ2n) is 10.2. The Bertz CT molecular complexity index is 538. The molecular formula is C20H36O2Si. The van der Waals surface area contributed by atoms with E-state index in [0.717, 1.165) is 24.8 Å². The fourth-order valence-corrected chi connectivity index (χ4v) is 6.50. The van der Waals surface area contributed by atoms with Crippen LogP contribution in [0.4, 0.5) is 0 Å². The van der Waals surface area contributed by atoms with Crippen LogP contribution in [0, 0.1) is 10.8 Å². The van der Waals surface area contributed by atoms with Gasteiger partial charge in [0.05, 0.1) is 5.60 Å². The van der Waals surface area contributed by atoms with Crippen molar-refractivity contribution in [2.24, 2.45) is 10.8 Å². The Hall–Kier alpha value is -0.413. The van der Waals surface area contributed by atoms with E-state index in [1.165, 1.54) is 6.42 Å². The van der Waals surface area contributed by atoms with Crippen LogP contribution in [0.3, 0.4) is 0 Å². The minimum Gasteiger partial charge on any atom is -0.410 e. The summed E-state index contributed by atoms with van der Waals surface area (Å²) >= 11 is 0. The first kappa shape index (κ1) is 18.9. The third kappa shape index (κ3) is 2.78. The van der Waals surface area contributed by atoms with Crippen molar-refractivity contribution in [2.75, 3.05) is 0 Å². The first-order valence-corrected chi connectivity index (χ1v) is 12.0. The first-order chi connectivity index (χ1) is 10.2. The number of Topliss-reactive ketones (excluding diaryl/α,β-unsaturated/α-hetero) is 1. The molecule has 2 nitrogen and oxygen atoms in total. The highest BCUT2D eigenvalue weighted by Crippen LogP contribution is 2.64. The lowest BCUT2D eigenvalue weighted by atomic mass is 9.56. The molecule has 2 atom stereocenters. The number of hydrogen-bond acceptors (Lipinski definition) is 2. The molecule has 1 saturated carbocycles. The molecule has 2 rings (SSSR count). The highest BCUT2D eigenvalue weighted by Gasteiger charge is 2.64. The molecule has 2 aliphatic carbocycles. The maximum absolute atomic E-state index is 12.1. The van der Waals surface area contributed by atoms with Gasteiger partial charge in [-0.2, -0.15) is 0 Å². The van der Waals surface area contributed by atoms with Crippen molar-refractivity contribution in [3.05, 3.63) is 11.6 Å². The Morgan fingerprint density at radius 1 is 1.17 bits per heavy atom. The fourth-order valence-electron chi connectivity index (χ4n) is 4.71. The third-order valence-electron chi connectivity index (χ3n) is 7.08. The predicted molar refractivity (Wildman–Crippen MR) is 100 cm³/mol. The number of rotatable bonds is 3. The second-order valence-corrected chi connectivity index (χ2v) is 15.0. The molecular weight excluding hydrogens is 300 g/mol. The van der Waals surface area contributed by atoms with Crippen molar-refractivity contribution in [2.45, 2.75) is 97.9 Å². The van der Waals surface area contributed by atoms with Gasteiger partial charge in [0.1, 0.15) is 0 Å². The molecule has 0 radical (unpaired) electrons. The molecule has 2 aliphatic rings. The van der Waals surface area contributed by atoms with Crippen LogP contribution in [-0.2, 0) is 9.22 Å². The summed E-state index contributed by atoms with van der Waals surface area (Å²) in [6, 6.07) is 0. The van der Waals surface area contributed by atoms with E-state index in [9.17, 15) is 4.79 Å². The molecule has 0 saturated heterocycles. The van der Waals surface area contributed by atoms with Crippen molar-refractivity contribution in [1.82, 2.24) is 0 Å². The van der Waals surface area contributed by atoms with Crippen LogP contribution in [0.2, 0.25) is 18.1 Å². The number of hydrogen-bond donors (Lipinski definition) is 0. The Balaban J connectivity index is 2.56. The van der Waals surface area contributed by atoms with Gasteiger partial charge in [0.25, 0.3) is 0 Å².